The third kappa shape index (κ3) is 2.55. The first-order valence-corrected chi connectivity index (χ1v) is 8.54. The maximum absolute atomic E-state index is 6.43. The monoisotopic (exact) mass is 335 g/mol. The van der Waals surface area contributed by atoms with Gasteiger partial charge < -0.3 is 15.0 Å². The Kier molecular flexibility index (Phi) is 4.33. The van der Waals surface area contributed by atoms with Gasteiger partial charge in [-0.1, -0.05) is 44.2 Å². The van der Waals surface area contributed by atoms with E-state index in [0.717, 1.165) is 18.8 Å². The fourth-order valence-electron chi connectivity index (χ4n) is 5.06. The van der Waals surface area contributed by atoms with Gasteiger partial charge in [0.2, 0.25) is 0 Å². The second kappa shape index (κ2) is 5.77. The minimum atomic E-state index is -0.273. The van der Waals surface area contributed by atoms with Gasteiger partial charge in [0.1, 0.15) is 0 Å². The van der Waals surface area contributed by atoms with Crippen molar-refractivity contribution in [2.75, 3.05) is 0 Å². The predicted molar refractivity (Wildman–Crippen MR) is 95.5 cm³/mol. The Balaban J connectivity index is 0.00000156. The highest BCUT2D eigenvalue weighted by molar-refractivity contribution is 6.47. The largest absolute Gasteiger partial charge is 0.475 e. The summed E-state index contributed by atoms with van der Waals surface area (Å²) >= 11 is 0. The van der Waals surface area contributed by atoms with E-state index in [1.165, 1.54) is 12.0 Å². The van der Waals surface area contributed by atoms with E-state index in [1.807, 2.05) is 6.07 Å². The molecule has 1 saturated heterocycles. The van der Waals surface area contributed by atoms with Crippen LogP contribution >= 0.6 is 12.4 Å². The molecule has 5 heteroatoms. The molecule has 1 aromatic carbocycles. The number of halogens is 1. The Hall–Kier alpha value is -0.545. The van der Waals surface area contributed by atoms with Gasteiger partial charge in [-0.15, -0.1) is 12.4 Å². The average molecular weight is 336 g/mol. The van der Waals surface area contributed by atoms with Crippen LogP contribution in [0.3, 0.4) is 0 Å². The molecular formula is C18H27BClNO2. The highest BCUT2D eigenvalue weighted by Crippen LogP contribution is 2.65. The van der Waals surface area contributed by atoms with Crippen LogP contribution in [0, 0.1) is 17.3 Å². The number of nitrogens with two attached hydrogens (primary N) is 1. The van der Waals surface area contributed by atoms with Gasteiger partial charge in [-0.3, -0.25) is 0 Å². The fourth-order valence-corrected chi connectivity index (χ4v) is 5.06. The van der Waals surface area contributed by atoms with Gasteiger partial charge in [0.05, 0.1) is 11.7 Å². The van der Waals surface area contributed by atoms with Gasteiger partial charge in [-0.05, 0) is 49.0 Å². The Morgan fingerprint density at radius 2 is 1.91 bits per heavy atom. The van der Waals surface area contributed by atoms with Crippen LogP contribution < -0.4 is 5.73 Å². The smallest absolute Gasteiger partial charge is 0.404 e. The lowest BCUT2D eigenvalue weighted by Gasteiger charge is -2.64. The summed E-state index contributed by atoms with van der Waals surface area (Å²) < 4.78 is 12.7. The molecule has 0 amide bonds. The van der Waals surface area contributed by atoms with Crippen molar-refractivity contribution in [1.29, 1.82) is 0 Å². The van der Waals surface area contributed by atoms with E-state index in [2.05, 4.69) is 45.0 Å². The van der Waals surface area contributed by atoms with E-state index in [4.69, 9.17) is 15.0 Å². The van der Waals surface area contributed by atoms with Gasteiger partial charge in [0.15, 0.2) is 0 Å². The van der Waals surface area contributed by atoms with E-state index >= 15 is 0 Å². The summed E-state index contributed by atoms with van der Waals surface area (Å²) in [6.07, 6.45) is 3.42. The lowest BCUT2D eigenvalue weighted by Crippen LogP contribution is -2.65. The van der Waals surface area contributed by atoms with Crippen molar-refractivity contribution in [3.05, 3.63) is 35.9 Å². The third-order valence-corrected chi connectivity index (χ3v) is 6.63. The lowest BCUT2D eigenvalue weighted by molar-refractivity contribution is -0.199. The lowest BCUT2D eigenvalue weighted by atomic mass is 9.43. The van der Waals surface area contributed by atoms with Crippen molar-refractivity contribution >= 4 is 19.5 Å². The third-order valence-electron chi connectivity index (χ3n) is 6.63. The molecule has 4 aliphatic rings. The maximum atomic E-state index is 6.43. The van der Waals surface area contributed by atoms with Crippen LogP contribution in [0.4, 0.5) is 0 Å². The van der Waals surface area contributed by atoms with Gasteiger partial charge >= 0.3 is 7.12 Å². The molecule has 4 fully saturated rings. The topological polar surface area (TPSA) is 44.5 Å². The van der Waals surface area contributed by atoms with E-state index < -0.39 is 0 Å². The molecule has 3 aliphatic carbocycles. The van der Waals surface area contributed by atoms with E-state index in [9.17, 15) is 0 Å². The molecule has 2 N–H and O–H groups in total. The van der Waals surface area contributed by atoms with Crippen molar-refractivity contribution in [3.63, 3.8) is 0 Å². The normalized spacial score (nSPS) is 38.3. The van der Waals surface area contributed by atoms with Crippen LogP contribution in [0.25, 0.3) is 0 Å². The van der Waals surface area contributed by atoms with Crippen LogP contribution in [-0.4, -0.2) is 24.8 Å². The van der Waals surface area contributed by atoms with E-state index in [1.54, 1.807) is 0 Å². The van der Waals surface area contributed by atoms with E-state index in [-0.39, 0.29) is 37.2 Å². The Morgan fingerprint density at radius 3 is 2.57 bits per heavy atom. The molecule has 5 atom stereocenters. The second-order valence-electron chi connectivity index (χ2n) is 8.19. The Morgan fingerprint density at radius 1 is 1.22 bits per heavy atom. The van der Waals surface area contributed by atoms with Crippen LogP contribution in [0.1, 0.15) is 39.2 Å². The standard InChI is InChI=1S/C18H26BNO2.ClH/c1-17(2)13-10-14(17)18(3)15(11-13)21-19(22-18)16(20)9-12-7-5-4-6-8-12;/h4-8,13-16H,9-11,20H2,1-3H3;1H/t13-,14+,15+,16?,18-;/m0./s1. The maximum Gasteiger partial charge on any atom is 0.475 e. The molecule has 126 valence electrons. The molecule has 5 rings (SSSR count). The molecule has 1 aromatic rings. The van der Waals surface area contributed by atoms with Crippen molar-refractivity contribution < 1.29 is 9.31 Å². The van der Waals surface area contributed by atoms with Crippen molar-refractivity contribution in [2.45, 2.75) is 57.7 Å². The molecule has 3 saturated carbocycles. The first kappa shape index (κ1) is 17.3. The zero-order valence-electron chi connectivity index (χ0n) is 14.2. The van der Waals surface area contributed by atoms with Crippen LogP contribution in [-0.2, 0) is 15.7 Å². The summed E-state index contributed by atoms with van der Waals surface area (Å²) in [6, 6.07) is 10.4. The summed E-state index contributed by atoms with van der Waals surface area (Å²) in [6.45, 7) is 7.01. The summed E-state index contributed by atoms with van der Waals surface area (Å²) in [5.41, 5.74) is 7.87. The van der Waals surface area contributed by atoms with Crippen molar-refractivity contribution in [3.8, 4) is 0 Å². The molecule has 0 spiro atoms. The highest BCUT2D eigenvalue weighted by atomic mass is 35.5. The minimum Gasteiger partial charge on any atom is -0.404 e. The molecule has 1 aliphatic heterocycles. The summed E-state index contributed by atoms with van der Waals surface area (Å²) in [5.74, 6) is 1.27. The van der Waals surface area contributed by atoms with Crippen LogP contribution in [0.15, 0.2) is 30.3 Å². The number of rotatable bonds is 3. The highest BCUT2D eigenvalue weighted by Gasteiger charge is 2.68. The van der Waals surface area contributed by atoms with Crippen LogP contribution in [0.2, 0.25) is 0 Å². The number of benzene rings is 1. The zero-order valence-corrected chi connectivity index (χ0v) is 15.0. The first-order valence-electron chi connectivity index (χ1n) is 8.54. The van der Waals surface area contributed by atoms with Gasteiger partial charge in [0, 0.05) is 5.94 Å². The average Bonchev–Trinajstić information content (AvgIpc) is 2.85. The molecule has 1 heterocycles. The molecule has 2 bridgehead atoms. The van der Waals surface area contributed by atoms with Crippen LogP contribution in [0.5, 0.6) is 0 Å². The Labute approximate surface area is 145 Å². The van der Waals surface area contributed by atoms with Gasteiger partial charge in [-0.25, -0.2) is 0 Å². The van der Waals surface area contributed by atoms with Gasteiger partial charge in [0.25, 0.3) is 0 Å². The molecule has 1 unspecified atom stereocenters. The minimum absolute atomic E-state index is 0. The van der Waals surface area contributed by atoms with Crippen molar-refractivity contribution in [2.24, 2.45) is 23.0 Å². The summed E-state index contributed by atoms with van der Waals surface area (Å²) in [5, 5.41) is 0. The Bertz CT molecular complexity index is 569. The predicted octanol–water partition coefficient (Wildman–Crippen LogP) is 3.25. The summed E-state index contributed by atoms with van der Waals surface area (Å²) in [7, 11) is -0.273. The van der Waals surface area contributed by atoms with Crippen molar-refractivity contribution in [1.82, 2.24) is 0 Å². The molecule has 0 aromatic heterocycles. The molecule has 0 radical (unpaired) electrons. The quantitative estimate of drug-likeness (QED) is 0.862. The summed E-state index contributed by atoms with van der Waals surface area (Å²) in [4.78, 5) is 0. The molecular weight excluding hydrogens is 308 g/mol. The fraction of sp³-hybridized carbons (Fsp3) is 0.667. The second-order valence-corrected chi connectivity index (χ2v) is 8.19. The SMILES string of the molecule is CC1(C)[C@H]2C[C@H]1[C@]1(C)OB(C(N)Cc3ccccc3)O[C@@H]1C2.Cl. The first-order chi connectivity index (χ1) is 10.4. The number of hydrogen-bond acceptors (Lipinski definition) is 3. The van der Waals surface area contributed by atoms with Gasteiger partial charge in [-0.2, -0.15) is 0 Å². The van der Waals surface area contributed by atoms with E-state index in [0.29, 0.717) is 11.3 Å². The zero-order chi connectivity index (χ0) is 15.5. The molecule has 23 heavy (non-hydrogen) atoms. The number of hydrogen-bond donors (Lipinski definition) is 1. The molecule has 3 nitrogen and oxygen atoms in total.